The van der Waals surface area contributed by atoms with Gasteiger partial charge in [0, 0.05) is 0 Å². The predicted octanol–water partition coefficient (Wildman–Crippen LogP) is 3.72. The molecule has 1 heteroatoms. The predicted molar refractivity (Wildman–Crippen MR) is 60.4 cm³/mol. The maximum atomic E-state index is 5.56. The lowest BCUT2D eigenvalue weighted by Crippen LogP contribution is -1.91. The van der Waals surface area contributed by atoms with Crippen LogP contribution in [0, 0.1) is 0 Å². The van der Waals surface area contributed by atoms with Gasteiger partial charge >= 0.3 is 0 Å². The maximum absolute atomic E-state index is 5.56. The lowest BCUT2D eigenvalue weighted by Gasteiger charge is -2.06. The summed E-state index contributed by atoms with van der Waals surface area (Å²) in [4.78, 5) is 0. The Kier molecular flexibility index (Phi) is 3.99. The molecule has 0 spiro atoms. The first-order valence-corrected chi connectivity index (χ1v) is 4.85. The van der Waals surface area contributed by atoms with Crippen LogP contribution >= 0.6 is 0 Å². The van der Waals surface area contributed by atoms with Gasteiger partial charge in [0.1, 0.15) is 11.5 Å². The second-order valence-corrected chi connectivity index (χ2v) is 2.99. The Labute approximate surface area is 85.7 Å². The van der Waals surface area contributed by atoms with Gasteiger partial charge in [0.15, 0.2) is 0 Å². The van der Waals surface area contributed by atoms with Gasteiger partial charge in [-0.2, -0.15) is 0 Å². The van der Waals surface area contributed by atoms with Crippen molar-refractivity contribution in [1.82, 2.24) is 0 Å². The molecule has 0 bridgehead atoms. The third-order valence-corrected chi connectivity index (χ3v) is 2.05. The van der Waals surface area contributed by atoms with Crippen LogP contribution in [-0.2, 0) is 6.42 Å². The van der Waals surface area contributed by atoms with E-state index in [1.807, 2.05) is 25.1 Å². The molecule has 0 saturated carbocycles. The van der Waals surface area contributed by atoms with Gasteiger partial charge < -0.3 is 4.74 Å². The van der Waals surface area contributed by atoms with Crippen molar-refractivity contribution in [3.05, 3.63) is 54.3 Å². The van der Waals surface area contributed by atoms with Crippen molar-refractivity contribution in [1.29, 1.82) is 0 Å². The molecular weight excluding hydrogens is 172 g/mol. The van der Waals surface area contributed by atoms with Crippen LogP contribution in [0.2, 0.25) is 0 Å². The van der Waals surface area contributed by atoms with Gasteiger partial charge in [-0.3, -0.25) is 0 Å². The van der Waals surface area contributed by atoms with Gasteiger partial charge in [-0.15, -0.1) is 0 Å². The summed E-state index contributed by atoms with van der Waals surface area (Å²) in [6, 6.07) is 8.11. The zero-order valence-electron chi connectivity index (χ0n) is 8.79. The summed E-state index contributed by atoms with van der Waals surface area (Å²) >= 11 is 0. The Balaban J connectivity index is 2.73. The number of rotatable bonds is 4. The van der Waals surface area contributed by atoms with E-state index in [4.69, 9.17) is 4.74 Å². The van der Waals surface area contributed by atoms with E-state index in [1.165, 1.54) is 5.56 Å². The second-order valence-electron chi connectivity index (χ2n) is 2.99. The van der Waals surface area contributed by atoms with E-state index in [-0.39, 0.29) is 0 Å². The first-order chi connectivity index (χ1) is 6.80. The molecule has 0 atom stereocenters. The number of hydrogen-bond donors (Lipinski definition) is 0. The molecule has 0 radical (unpaired) electrons. The Hall–Kier alpha value is -1.50. The molecule has 1 rings (SSSR count). The molecule has 0 aliphatic carbocycles. The summed E-state index contributed by atoms with van der Waals surface area (Å²) in [5.74, 6) is 1.64. The third kappa shape index (κ3) is 2.77. The van der Waals surface area contributed by atoms with Crippen molar-refractivity contribution in [2.24, 2.45) is 0 Å². The van der Waals surface area contributed by atoms with Gasteiger partial charge in [-0.05, 0) is 43.2 Å². The van der Waals surface area contributed by atoms with Crippen molar-refractivity contribution in [3.63, 3.8) is 0 Å². The van der Waals surface area contributed by atoms with Crippen molar-refractivity contribution in [2.75, 3.05) is 0 Å². The molecule has 14 heavy (non-hydrogen) atoms. The quantitative estimate of drug-likeness (QED) is 0.517. The number of hydrogen-bond acceptors (Lipinski definition) is 1. The van der Waals surface area contributed by atoms with Gasteiger partial charge in [0.05, 0.1) is 0 Å². The number of aryl methyl sites for hydroxylation is 1. The van der Waals surface area contributed by atoms with Crippen molar-refractivity contribution in [3.8, 4) is 5.75 Å². The molecule has 0 aromatic heterocycles. The topological polar surface area (TPSA) is 9.23 Å². The molecule has 0 aliphatic heterocycles. The van der Waals surface area contributed by atoms with Gasteiger partial charge in [-0.1, -0.05) is 25.6 Å². The molecule has 1 aromatic carbocycles. The zero-order valence-corrected chi connectivity index (χ0v) is 8.79. The number of benzene rings is 1. The highest BCUT2D eigenvalue weighted by molar-refractivity contribution is 5.29. The minimum Gasteiger partial charge on any atom is -0.458 e. The van der Waals surface area contributed by atoms with Gasteiger partial charge in [0.25, 0.3) is 0 Å². The molecule has 1 nitrogen and oxygen atoms in total. The highest BCUT2D eigenvalue weighted by atomic mass is 16.5. The molecule has 0 amide bonds. The molecule has 0 unspecified atom stereocenters. The Bertz CT molecular complexity index is 320. The minimum atomic E-state index is 0.786. The Morgan fingerprint density at radius 3 is 2.43 bits per heavy atom. The van der Waals surface area contributed by atoms with E-state index < -0.39 is 0 Å². The monoisotopic (exact) mass is 188 g/mol. The second kappa shape index (κ2) is 5.28. The highest BCUT2D eigenvalue weighted by Crippen LogP contribution is 2.15. The van der Waals surface area contributed by atoms with Crippen LogP contribution in [-0.4, -0.2) is 0 Å². The molecule has 0 heterocycles. The van der Waals surface area contributed by atoms with E-state index >= 15 is 0 Å². The van der Waals surface area contributed by atoms with Crippen LogP contribution in [0.15, 0.2) is 48.8 Å². The number of ether oxygens (including phenoxy) is 1. The fraction of sp³-hybridized carbons (Fsp3) is 0.231. The molecule has 0 fully saturated rings. The standard InChI is InChI=1S/C13H16O/c1-4-11-7-9-13(10-8-11)14-12(5-2)6-3/h5-10H,2,4H2,1,3H3/b12-6+. The molecule has 74 valence electrons. The van der Waals surface area contributed by atoms with E-state index in [0.717, 1.165) is 17.9 Å². The average Bonchev–Trinajstić information content (AvgIpc) is 2.26. The van der Waals surface area contributed by atoms with Crippen molar-refractivity contribution < 1.29 is 4.74 Å². The Morgan fingerprint density at radius 1 is 1.36 bits per heavy atom. The van der Waals surface area contributed by atoms with E-state index in [9.17, 15) is 0 Å². The van der Waals surface area contributed by atoms with E-state index in [1.54, 1.807) is 6.08 Å². The molecular formula is C13H16O. The fourth-order valence-corrected chi connectivity index (χ4v) is 1.15. The first kappa shape index (κ1) is 10.6. The van der Waals surface area contributed by atoms with Crippen LogP contribution in [0.1, 0.15) is 19.4 Å². The largest absolute Gasteiger partial charge is 0.458 e. The van der Waals surface area contributed by atoms with Gasteiger partial charge in [-0.25, -0.2) is 0 Å². The average molecular weight is 188 g/mol. The van der Waals surface area contributed by atoms with Crippen LogP contribution in [0.3, 0.4) is 0 Å². The summed E-state index contributed by atoms with van der Waals surface area (Å²) in [6.45, 7) is 7.73. The lowest BCUT2D eigenvalue weighted by atomic mass is 10.2. The molecule has 0 aliphatic rings. The van der Waals surface area contributed by atoms with Crippen LogP contribution < -0.4 is 4.74 Å². The lowest BCUT2D eigenvalue weighted by molar-refractivity contribution is 0.443. The Morgan fingerprint density at radius 2 is 2.00 bits per heavy atom. The summed E-state index contributed by atoms with van der Waals surface area (Å²) in [5.41, 5.74) is 1.32. The van der Waals surface area contributed by atoms with Crippen LogP contribution in [0.5, 0.6) is 5.75 Å². The smallest absolute Gasteiger partial charge is 0.127 e. The summed E-state index contributed by atoms with van der Waals surface area (Å²) in [7, 11) is 0. The zero-order chi connectivity index (χ0) is 10.4. The number of allylic oxidation sites excluding steroid dienone is 2. The summed E-state index contributed by atoms with van der Waals surface area (Å²) in [5, 5.41) is 0. The van der Waals surface area contributed by atoms with Crippen LogP contribution in [0.25, 0.3) is 0 Å². The molecule has 1 aromatic rings. The third-order valence-electron chi connectivity index (χ3n) is 2.05. The summed E-state index contributed by atoms with van der Waals surface area (Å²) in [6.07, 6.45) is 4.65. The van der Waals surface area contributed by atoms with E-state index in [2.05, 4.69) is 25.6 Å². The molecule has 0 N–H and O–H groups in total. The normalized spacial score (nSPS) is 11.1. The van der Waals surface area contributed by atoms with Gasteiger partial charge in [0.2, 0.25) is 0 Å². The summed E-state index contributed by atoms with van der Waals surface area (Å²) < 4.78 is 5.56. The van der Waals surface area contributed by atoms with E-state index in [0.29, 0.717) is 0 Å². The van der Waals surface area contributed by atoms with Crippen molar-refractivity contribution >= 4 is 0 Å². The maximum Gasteiger partial charge on any atom is 0.127 e. The highest BCUT2D eigenvalue weighted by Gasteiger charge is 1.95. The first-order valence-electron chi connectivity index (χ1n) is 4.85. The minimum absolute atomic E-state index is 0.786. The molecule has 0 saturated heterocycles. The SMILES string of the molecule is C=C/C(=C\C)Oc1ccc(CC)cc1. The van der Waals surface area contributed by atoms with Crippen molar-refractivity contribution in [2.45, 2.75) is 20.3 Å². The van der Waals surface area contributed by atoms with Crippen LogP contribution in [0.4, 0.5) is 0 Å². The fourth-order valence-electron chi connectivity index (χ4n) is 1.15.